The van der Waals surface area contributed by atoms with Crippen molar-refractivity contribution in [3.05, 3.63) is 58.6 Å². The van der Waals surface area contributed by atoms with Crippen molar-refractivity contribution >= 4 is 22.7 Å². The van der Waals surface area contributed by atoms with Gasteiger partial charge in [0.15, 0.2) is 0 Å². The molecule has 2 aliphatic rings. The summed E-state index contributed by atoms with van der Waals surface area (Å²) in [5.74, 6) is 0. The number of hydrogen-bond acceptors (Lipinski definition) is 9. The Labute approximate surface area is 225 Å². The number of β-amino-alcohol motifs (C(OH)–C–C–N with tert-alkyl or cyclic N) is 1. The minimum atomic E-state index is -0.996. The number of anilines is 3. The fraction of sp³-hybridized carbons (Fsp3) is 0.571. The summed E-state index contributed by atoms with van der Waals surface area (Å²) < 4.78 is 0. The van der Waals surface area contributed by atoms with Crippen molar-refractivity contribution in [1.29, 1.82) is 0 Å². The number of aliphatic hydroxyl groups is 2. The van der Waals surface area contributed by atoms with Crippen molar-refractivity contribution in [1.82, 2.24) is 9.80 Å². The van der Waals surface area contributed by atoms with E-state index in [4.69, 9.17) is 5.73 Å². The second-order valence-corrected chi connectivity index (χ2v) is 11.5. The summed E-state index contributed by atoms with van der Waals surface area (Å²) in [5.41, 5.74) is 6.79. The molecule has 0 spiro atoms. The zero-order valence-electron chi connectivity index (χ0n) is 22.8. The molecule has 2 fully saturated rings. The predicted octanol–water partition coefficient (Wildman–Crippen LogP) is 2.40. The van der Waals surface area contributed by atoms with Crippen molar-refractivity contribution in [2.45, 2.75) is 44.4 Å². The minimum absolute atomic E-state index is 0.0871. The number of non-ortho nitro benzene ring substituents is 1. The van der Waals surface area contributed by atoms with Crippen molar-refractivity contribution in [3.8, 4) is 0 Å². The van der Waals surface area contributed by atoms with Gasteiger partial charge in [0.2, 0.25) is 0 Å². The first kappa shape index (κ1) is 28.1. The maximum atomic E-state index is 11.5. The SMILES string of the molecule is CC(O)(CC(N1CCN(c2cccc([N+](=O)[O-])c2)CC1)C(C)(C)O)CN1CCN(c2cccc(N)c2)CC1. The molecular weight excluding hydrogens is 484 g/mol. The third-order valence-electron chi connectivity index (χ3n) is 7.78. The smallest absolute Gasteiger partial charge is 0.271 e. The molecule has 0 aromatic heterocycles. The van der Waals surface area contributed by atoms with Crippen LogP contribution in [0, 0.1) is 10.1 Å². The molecule has 2 aliphatic heterocycles. The Hall–Kier alpha value is -2.92. The average Bonchev–Trinajstić information content (AvgIpc) is 2.87. The lowest BCUT2D eigenvalue weighted by molar-refractivity contribution is -0.384. The first-order chi connectivity index (χ1) is 17.9. The maximum absolute atomic E-state index is 11.5. The quantitative estimate of drug-likeness (QED) is 0.257. The Kier molecular flexibility index (Phi) is 8.46. The minimum Gasteiger partial charge on any atom is -0.399 e. The van der Waals surface area contributed by atoms with E-state index >= 15 is 0 Å². The first-order valence-electron chi connectivity index (χ1n) is 13.4. The lowest BCUT2D eigenvalue weighted by Crippen LogP contribution is -2.60. The molecule has 0 bridgehead atoms. The number of benzene rings is 2. The van der Waals surface area contributed by atoms with Crippen LogP contribution in [0.15, 0.2) is 48.5 Å². The molecule has 2 atom stereocenters. The Balaban J connectivity index is 1.33. The lowest BCUT2D eigenvalue weighted by Gasteiger charge is -2.47. The van der Waals surface area contributed by atoms with Gasteiger partial charge in [-0.3, -0.25) is 19.9 Å². The summed E-state index contributed by atoms with van der Waals surface area (Å²) >= 11 is 0. The molecule has 0 radical (unpaired) electrons. The summed E-state index contributed by atoms with van der Waals surface area (Å²) in [4.78, 5) is 19.8. The standard InChI is InChI=1S/C28H42N6O4/c1-27(2,35)26(33-16-14-32(15-17-33)24-8-5-9-25(19-24)34(37)38)20-28(3,36)21-30-10-12-31(13-11-30)23-7-4-6-22(29)18-23/h4-9,18-19,26,35-36H,10-17,20-21,29H2,1-3H3. The van der Waals surface area contributed by atoms with E-state index in [0.717, 1.165) is 43.2 Å². The lowest BCUT2D eigenvalue weighted by atomic mass is 9.85. The number of piperazine rings is 2. The van der Waals surface area contributed by atoms with Crippen LogP contribution in [0.25, 0.3) is 0 Å². The Morgan fingerprint density at radius 1 is 0.895 bits per heavy atom. The van der Waals surface area contributed by atoms with E-state index in [0.29, 0.717) is 39.1 Å². The largest absolute Gasteiger partial charge is 0.399 e. The zero-order valence-corrected chi connectivity index (χ0v) is 22.8. The number of nitrogens with two attached hydrogens (primary N) is 1. The highest BCUT2D eigenvalue weighted by atomic mass is 16.6. The van der Waals surface area contributed by atoms with Gasteiger partial charge in [-0.1, -0.05) is 12.1 Å². The van der Waals surface area contributed by atoms with Gasteiger partial charge in [-0.2, -0.15) is 0 Å². The normalized spacial score (nSPS) is 20.2. The van der Waals surface area contributed by atoms with Gasteiger partial charge in [0.25, 0.3) is 5.69 Å². The van der Waals surface area contributed by atoms with Crippen LogP contribution < -0.4 is 15.5 Å². The average molecular weight is 527 g/mol. The highest BCUT2D eigenvalue weighted by Crippen LogP contribution is 2.29. The summed E-state index contributed by atoms with van der Waals surface area (Å²) in [6, 6.07) is 14.4. The molecule has 0 aliphatic carbocycles. The predicted molar refractivity (Wildman–Crippen MR) is 152 cm³/mol. The summed E-state index contributed by atoms with van der Waals surface area (Å²) in [6.45, 7) is 12.3. The van der Waals surface area contributed by atoms with Crippen molar-refractivity contribution < 1.29 is 15.1 Å². The van der Waals surface area contributed by atoms with Gasteiger partial charge in [-0.05, 0) is 51.5 Å². The fourth-order valence-corrected chi connectivity index (χ4v) is 5.77. The van der Waals surface area contributed by atoms with E-state index in [1.54, 1.807) is 12.1 Å². The highest BCUT2D eigenvalue weighted by Gasteiger charge is 2.40. The first-order valence-corrected chi connectivity index (χ1v) is 13.4. The monoisotopic (exact) mass is 526 g/mol. The molecule has 38 heavy (non-hydrogen) atoms. The van der Waals surface area contributed by atoms with Crippen LogP contribution in [0.2, 0.25) is 0 Å². The number of nitrogen functional groups attached to an aromatic ring is 1. The van der Waals surface area contributed by atoms with Crippen LogP contribution in [-0.2, 0) is 0 Å². The van der Waals surface area contributed by atoms with Gasteiger partial charge < -0.3 is 25.7 Å². The van der Waals surface area contributed by atoms with Crippen LogP contribution >= 0.6 is 0 Å². The number of hydrogen-bond donors (Lipinski definition) is 3. The van der Waals surface area contributed by atoms with E-state index in [1.807, 2.05) is 45.0 Å². The van der Waals surface area contributed by atoms with E-state index in [2.05, 4.69) is 25.7 Å². The third kappa shape index (κ3) is 7.13. The molecule has 10 heteroatoms. The van der Waals surface area contributed by atoms with Crippen LogP contribution in [0.4, 0.5) is 22.7 Å². The van der Waals surface area contributed by atoms with E-state index in [9.17, 15) is 20.3 Å². The molecule has 10 nitrogen and oxygen atoms in total. The molecule has 2 aromatic rings. The van der Waals surface area contributed by atoms with Gasteiger partial charge in [0.1, 0.15) is 0 Å². The second kappa shape index (κ2) is 11.4. The molecular formula is C28H42N6O4. The topological polar surface area (TPSA) is 123 Å². The van der Waals surface area contributed by atoms with Gasteiger partial charge in [0.05, 0.1) is 16.1 Å². The Morgan fingerprint density at radius 3 is 2.00 bits per heavy atom. The molecule has 2 saturated heterocycles. The third-order valence-corrected chi connectivity index (χ3v) is 7.78. The van der Waals surface area contributed by atoms with Crippen molar-refractivity contribution in [3.63, 3.8) is 0 Å². The zero-order chi connectivity index (χ0) is 27.5. The fourth-order valence-electron chi connectivity index (χ4n) is 5.77. The maximum Gasteiger partial charge on any atom is 0.271 e. The summed E-state index contributed by atoms with van der Waals surface area (Å²) in [6.07, 6.45) is 0.447. The molecule has 4 rings (SSSR count). The number of nitro groups is 1. The van der Waals surface area contributed by atoms with Crippen molar-refractivity contribution in [2.75, 3.05) is 74.4 Å². The highest BCUT2D eigenvalue weighted by molar-refractivity contribution is 5.56. The molecule has 0 saturated carbocycles. The van der Waals surface area contributed by atoms with Crippen LogP contribution in [0.1, 0.15) is 27.2 Å². The van der Waals surface area contributed by atoms with Crippen molar-refractivity contribution in [2.24, 2.45) is 0 Å². The Bertz CT molecular complexity index is 1090. The summed E-state index contributed by atoms with van der Waals surface area (Å²) in [7, 11) is 0. The molecule has 2 heterocycles. The van der Waals surface area contributed by atoms with E-state index in [-0.39, 0.29) is 16.7 Å². The van der Waals surface area contributed by atoms with Gasteiger partial charge in [-0.15, -0.1) is 0 Å². The van der Waals surface area contributed by atoms with Gasteiger partial charge in [-0.25, -0.2) is 0 Å². The van der Waals surface area contributed by atoms with Crippen LogP contribution in [0.5, 0.6) is 0 Å². The number of nitrogens with zero attached hydrogens (tertiary/aromatic N) is 5. The second-order valence-electron chi connectivity index (χ2n) is 11.5. The van der Waals surface area contributed by atoms with E-state index < -0.39 is 11.2 Å². The Morgan fingerprint density at radius 2 is 1.45 bits per heavy atom. The molecule has 4 N–H and O–H groups in total. The van der Waals surface area contributed by atoms with Gasteiger partial charge >= 0.3 is 0 Å². The number of rotatable bonds is 9. The van der Waals surface area contributed by atoms with E-state index in [1.165, 1.54) is 6.07 Å². The van der Waals surface area contributed by atoms with Crippen LogP contribution in [-0.4, -0.2) is 101 Å². The molecule has 0 amide bonds. The number of nitro benzene ring substituents is 1. The molecule has 208 valence electrons. The van der Waals surface area contributed by atoms with Crippen LogP contribution in [0.3, 0.4) is 0 Å². The van der Waals surface area contributed by atoms with Gasteiger partial charge in [0, 0.05) is 94.1 Å². The molecule has 2 aromatic carbocycles. The summed E-state index contributed by atoms with van der Waals surface area (Å²) in [5, 5.41) is 33.7. The molecule has 2 unspecified atom stereocenters.